The van der Waals surface area contributed by atoms with E-state index in [2.05, 4.69) is 10.6 Å². The van der Waals surface area contributed by atoms with Crippen LogP contribution >= 0.6 is 0 Å². The lowest BCUT2D eigenvalue weighted by atomic mass is 10.2. The largest absolute Gasteiger partial charge is 0.376 e. The third-order valence-electron chi connectivity index (χ3n) is 3.29. The number of hydrogen-bond donors (Lipinski definition) is 2. The summed E-state index contributed by atoms with van der Waals surface area (Å²) in [6, 6.07) is 6.58. The number of hydrogen-bond acceptors (Lipinski definition) is 3. The number of amides is 3. The Balaban J connectivity index is 1.88. The summed E-state index contributed by atoms with van der Waals surface area (Å²) in [6.07, 6.45) is 2.13. The first kappa shape index (κ1) is 15.3. The van der Waals surface area contributed by atoms with Gasteiger partial charge >= 0.3 is 6.03 Å². The number of nitrogens with one attached hydrogen (secondary N) is 2. The molecule has 1 aromatic rings. The van der Waals surface area contributed by atoms with Crippen LogP contribution in [0, 0.1) is 0 Å². The van der Waals surface area contributed by atoms with Crippen LogP contribution in [-0.4, -0.2) is 50.2 Å². The van der Waals surface area contributed by atoms with Gasteiger partial charge in [-0.1, -0.05) is 6.07 Å². The van der Waals surface area contributed by atoms with E-state index in [1.54, 1.807) is 38.4 Å². The van der Waals surface area contributed by atoms with Crippen LogP contribution in [0.1, 0.15) is 23.2 Å². The van der Waals surface area contributed by atoms with Crippen molar-refractivity contribution in [1.82, 2.24) is 10.2 Å². The van der Waals surface area contributed by atoms with Gasteiger partial charge in [0.25, 0.3) is 5.91 Å². The fourth-order valence-corrected chi connectivity index (χ4v) is 2.18. The van der Waals surface area contributed by atoms with E-state index in [0.717, 1.165) is 19.4 Å². The van der Waals surface area contributed by atoms with Crippen LogP contribution in [0.3, 0.4) is 0 Å². The predicted molar refractivity (Wildman–Crippen MR) is 80.5 cm³/mol. The average Bonchev–Trinajstić information content (AvgIpc) is 2.98. The van der Waals surface area contributed by atoms with Crippen molar-refractivity contribution < 1.29 is 14.3 Å². The second-order valence-electron chi connectivity index (χ2n) is 5.25. The topological polar surface area (TPSA) is 70.7 Å². The molecule has 1 aromatic carbocycles. The van der Waals surface area contributed by atoms with E-state index in [9.17, 15) is 9.59 Å². The highest BCUT2D eigenvalue weighted by molar-refractivity contribution is 5.96. The van der Waals surface area contributed by atoms with Gasteiger partial charge in [-0.25, -0.2) is 4.79 Å². The van der Waals surface area contributed by atoms with E-state index >= 15 is 0 Å². The minimum absolute atomic E-state index is 0.0987. The van der Waals surface area contributed by atoms with E-state index in [1.807, 2.05) is 0 Å². The van der Waals surface area contributed by atoms with E-state index < -0.39 is 0 Å². The van der Waals surface area contributed by atoms with Gasteiger partial charge < -0.3 is 20.3 Å². The van der Waals surface area contributed by atoms with Gasteiger partial charge in [-0.15, -0.1) is 0 Å². The second kappa shape index (κ2) is 7.08. The smallest absolute Gasteiger partial charge is 0.319 e. The molecule has 0 aromatic heterocycles. The predicted octanol–water partition coefficient (Wildman–Crippen LogP) is 1.69. The van der Waals surface area contributed by atoms with E-state index in [4.69, 9.17) is 4.74 Å². The quantitative estimate of drug-likeness (QED) is 0.887. The second-order valence-corrected chi connectivity index (χ2v) is 5.25. The summed E-state index contributed by atoms with van der Waals surface area (Å²) in [5, 5.41) is 5.50. The van der Waals surface area contributed by atoms with E-state index in [0.29, 0.717) is 17.8 Å². The number of anilines is 1. The first-order chi connectivity index (χ1) is 10.1. The van der Waals surface area contributed by atoms with Crippen molar-refractivity contribution in [3.05, 3.63) is 29.8 Å². The van der Waals surface area contributed by atoms with Crippen LogP contribution in [0.5, 0.6) is 0 Å². The number of ether oxygens (including phenoxy) is 1. The Kier molecular flexibility index (Phi) is 5.16. The molecule has 0 unspecified atom stereocenters. The molecule has 1 aliphatic rings. The van der Waals surface area contributed by atoms with Gasteiger partial charge in [-0.3, -0.25) is 4.79 Å². The van der Waals surface area contributed by atoms with Gasteiger partial charge in [0.1, 0.15) is 0 Å². The maximum Gasteiger partial charge on any atom is 0.319 e. The first-order valence-corrected chi connectivity index (χ1v) is 7.04. The fraction of sp³-hybridized carbons (Fsp3) is 0.467. The monoisotopic (exact) mass is 291 g/mol. The summed E-state index contributed by atoms with van der Waals surface area (Å²) < 4.78 is 5.44. The SMILES string of the molecule is CN(C)C(=O)c1cccc(NC(=O)NC[C@H]2CCCO2)c1. The van der Waals surface area contributed by atoms with Crippen molar-refractivity contribution in [3.63, 3.8) is 0 Å². The van der Waals surface area contributed by atoms with Crippen molar-refractivity contribution in [2.75, 3.05) is 32.6 Å². The normalized spacial score (nSPS) is 17.3. The van der Waals surface area contributed by atoms with Crippen molar-refractivity contribution in [2.24, 2.45) is 0 Å². The molecule has 3 amide bonds. The zero-order valence-corrected chi connectivity index (χ0v) is 12.4. The van der Waals surface area contributed by atoms with Crippen molar-refractivity contribution in [1.29, 1.82) is 0 Å². The molecule has 1 aliphatic heterocycles. The van der Waals surface area contributed by atoms with Crippen molar-refractivity contribution >= 4 is 17.6 Å². The molecule has 21 heavy (non-hydrogen) atoms. The van der Waals surface area contributed by atoms with Gasteiger partial charge in [-0.05, 0) is 31.0 Å². The first-order valence-electron chi connectivity index (χ1n) is 7.04. The zero-order chi connectivity index (χ0) is 15.2. The summed E-state index contributed by atoms with van der Waals surface area (Å²) >= 11 is 0. The molecule has 2 N–H and O–H groups in total. The molecule has 1 atom stereocenters. The highest BCUT2D eigenvalue weighted by atomic mass is 16.5. The molecule has 0 radical (unpaired) electrons. The van der Waals surface area contributed by atoms with Gasteiger partial charge in [-0.2, -0.15) is 0 Å². The number of benzene rings is 1. The Bertz CT molecular complexity index is 511. The highest BCUT2D eigenvalue weighted by Gasteiger charge is 2.16. The molecule has 1 fully saturated rings. The summed E-state index contributed by atoms with van der Waals surface area (Å²) in [4.78, 5) is 25.2. The standard InChI is InChI=1S/C15H21N3O3/c1-18(2)14(19)11-5-3-6-12(9-11)17-15(20)16-10-13-7-4-8-21-13/h3,5-6,9,13H,4,7-8,10H2,1-2H3,(H2,16,17,20)/t13-/m1/s1. The number of urea groups is 1. The lowest BCUT2D eigenvalue weighted by Crippen LogP contribution is -2.35. The van der Waals surface area contributed by atoms with Crippen LogP contribution < -0.4 is 10.6 Å². The maximum atomic E-state index is 11.9. The van der Waals surface area contributed by atoms with Gasteiger partial charge in [0, 0.05) is 38.5 Å². The van der Waals surface area contributed by atoms with Gasteiger partial charge in [0.2, 0.25) is 0 Å². The molecule has 0 aliphatic carbocycles. The van der Waals surface area contributed by atoms with E-state index in [-0.39, 0.29) is 18.0 Å². The van der Waals surface area contributed by atoms with Crippen LogP contribution in [0.25, 0.3) is 0 Å². The van der Waals surface area contributed by atoms with Crippen LogP contribution in [-0.2, 0) is 4.74 Å². The minimum atomic E-state index is -0.292. The Labute approximate surface area is 124 Å². The molecular weight excluding hydrogens is 270 g/mol. The Hall–Kier alpha value is -2.08. The molecule has 114 valence electrons. The third-order valence-corrected chi connectivity index (χ3v) is 3.29. The fourth-order valence-electron chi connectivity index (χ4n) is 2.18. The summed E-state index contributed by atoms with van der Waals surface area (Å²) in [6.45, 7) is 1.27. The zero-order valence-electron chi connectivity index (χ0n) is 12.4. The third kappa shape index (κ3) is 4.46. The van der Waals surface area contributed by atoms with Gasteiger partial charge in [0.05, 0.1) is 6.10 Å². The molecule has 1 heterocycles. The molecule has 6 nitrogen and oxygen atoms in total. The number of rotatable bonds is 4. The average molecular weight is 291 g/mol. The molecular formula is C15H21N3O3. The number of carbonyl (C=O) groups excluding carboxylic acids is 2. The van der Waals surface area contributed by atoms with Crippen LogP contribution in [0.4, 0.5) is 10.5 Å². The minimum Gasteiger partial charge on any atom is -0.376 e. The van der Waals surface area contributed by atoms with Crippen molar-refractivity contribution in [3.8, 4) is 0 Å². The highest BCUT2D eigenvalue weighted by Crippen LogP contribution is 2.13. The molecule has 6 heteroatoms. The lowest BCUT2D eigenvalue weighted by Gasteiger charge is -2.13. The van der Waals surface area contributed by atoms with Crippen LogP contribution in [0.2, 0.25) is 0 Å². The van der Waals surface area contributed by atoms with Gasteiger partial charge in [0.15, 0.2) is 0 Å². The molecule has 0 spiro atoms. The Morgan fingerprint density at radius 2 is 2.19 bits per heavy atom. The maximum absolute atomic E-state index is 11.9. The van der Waals surface area contributed by atoms with Crippen molar-refractivity contribution in [2.45, 2.75) is 18.9 Å². The lowest BCUT2D eigenvalue weighted by molar-refractivity contribution is 0.0827. The molecule has 0 bridgehead atoms. The summed E-state index contributed by atoms with van der Waals surface area (Å²) in [5.41, 5.74) is 1.13. The Morgan fingerprint density at radius 1 is 1.38 bits per heavy atom. The number of nitrogens with zero attached hydrogens (tertiary/aromatic N) is 1. The van der Waals surface area contributed by atoms with Crippen LogP contribution in [0.15, 0.2) is 24.3 Å². The Morgan fingerprint density at radius 3 is 2.86 bits per heavy atom. The van der Waals surface area contributed by atoms with E-state index in [1.165, 1.54) is 4.90 Å². The molecule has 0 saturated carbocycles. The number of carbonyl (C=O) groups is 2. The molecule has 2 rings (SSSR count). The summed E-state index contributed by atoms with van der Waals surface area (Å²) in [7, 11) is 3.38. The molecule has 1 saturated heterocycles. The summed E-state index contributed by atoms with van der Waals surface area (Å²) in [5.74, 6) is -0.0987.